The number of ketones is 2. The van der Waals surface area contributed by atoms with E-state index in [1.54, 1.807) is 0 Å². The first-order valence-corrected chi connectivity index (χ1v) is 5.10. The maximum absolute atomic E-state index is 13.0. The Morgan fingerprint density at radius 3 is 2.71 bits per heavy atom. The van der Waals surface area contributed by atoms with Crippen LogP contribution in [0.3, 0.4) is 0 Å². The van der Waals surface area contributed by atoms with Crippen LogP contribution in [0.4, 0.5) is 4.39 Å². The van der Waals surface area contributed by atoms with Gasteiger partial charge in [0, 0.05) is 5.56 Å². The molecule has 0 heterocycles. The highest BCUT2D eigenvalue weighted by molar-refractivity contribution is 6.39. The predicted octanol–water partition coefficient (Wildman–Crippen LogP) is 1.22. The number of fused-ring (bicyclic) bond motifs is 1. The molecule has 0 aromatic heterocycles. The molecule has 1 unspecified atom stereocenters. The van der Waals surface area contributed by atoms with Crippen molar-refractivity contribution in [1.29, 1.82) is 0 Å². The third-order valence-corrected chi connectivity index (χ3v) is 2.88. The highest BCUT2D eigenvalue weighted by atomic mass is 19.1. The topological polar surface area (TPSA) is 71.4 Å². The molecule has 2 rings (SSSR count). The summed E-state index contributed by atoms with van der Waals surface area (Å²) in [6.45, 7) is 0. The summed E-state index contributed by atoms with van der Waals surface area (Å²) in [7, 11) is 0. The lowest BCUT2D eigenvalue weighted by atomic mass is 9.80. The minimum Gasteiger partial charge on any atom is -0.475 e. The minimum absolute atomic E-state index is 0.121. The molecule has 0 amide bonds. The third kappa shape index (κ3) is 1.95. The van der Waals surface area contributed by atoms with Crippen LogP contribution >= 0.6 is 0 Å². The zero-order valence-corrected chi connectivity index (χ0v) is 8.77. The van der Waals surface area contributed by atoms with Gasteiger partial charge in [-0.05, 0) is 30.5 Å². The number of aliphatic carboxylic acids is 1. The summed E-state index contributed by atoms with van der Waals surface area (Å²) in [5, 5.41) is 8.58. The van der Waals surface area contributed by atoms with Gasteiger partial charge in [-0.15, -0.1) is 0 Å². The fraction of sp³-hybridized carbons (Fsp3) is 0.250. The van der Waals surface area contributed by atoms with Gasteiger partial charge in [0.15, 0.2) is 5.78 Å². The molecular formula is C12H9FO4. The Hall–Kier alpha value is -2.04. The van der Waals surface area contributed by atoms with Crippen molar-refractivity contribution >= 4 is 17.5 Å². The first-order chi connectivity index (χ1) is 8.00. The summed E-state index contributed by atoms with van der Waals surface area (Å²) < 4.78 is 13.0. The van der Waals surface area contributed by atoms with Crippen molar-refractivity contribution in [3.05, 3.63) is 35.1 Å². The number of carbonyl (C=O) groups is 3. The third-order valence-electron chi connectivity index (χ3n) is 2.88. The van der Waals surface area contributed by atoms with E-state index in [0.717, 1.165) is 6.07 Å². The number of aryl methyl sites for hydroxylation is 1. The number of benzene rings is 1. The van der Waals surface area contributed by atoms with Gasteiger partial charge >= 0.3 is 5.97 Å². The number of carbonyl (C=O) groups excluding carboxylic acids is 2. The molecular weight excluding hydrogens is 227 g/mol. The molecule has 1 aromatic rings. The first-order valence-electron chi connectivity index (χ1n) is 5.10. The Morgan fingerprint density at radius 2 is 2.06 bits per heavy atom. The molecule has 17 heavy (non-hydrogen) atoms. The molecule has 1 atom stereocenters. The molecule has 0 bridgehead atoms. The number of carboxylic acids is 1. The predicted molar refractivity (Wildman–Crippen MR) is 55.2 cm³/mol. The molecule has 1 N–H and O–H groups in total. The van der Waals surface area contributed by atoms with Gasteiger partial charge in [0.2, 0.25) is 0 Å². The second-order valence-corrected chi connectivity index (χ2v) is 3.93. The van der Waals surface area contributed by atoms with Gasteiger partial charge < -0.3 is 5.11 Å². The van der Waals surface area contributed by atoms with E-state index in [0.29, 0.717) is 12.0 Å². The monoisotopic (exact) mass is 236 g/mol. The maximum Gasteiger partial charge on any atom is 0.372 e. The highest BCUT2D eigenvalue weighted by Gasteiger charge is 2.36. The van der Waals surface area contributed by atoms with Gasteiger partial charge in [-0.3, -0.25) is 9.59 Å². The van der Waals surface area contributed by atoms with Crippen LogP contribution in [-0.4, -0.2) is 22.6 Å². The lowest BCUT2D eigenvalue weighted by Gasteiger charge is -2.20. The van der Waals surface area contributed by atoms with Crippen LogP contribution in [0.2, 0.25) is 0 Å². The van der Waals surface area contributed by atoms with Crippen molar-refractivity contribution in [3.8, 4) is 0 Å². The van der Waals surface area contributed by atoms with E-state index in [1.165, 1.54) is 12.1 Å². The van der Waals surface area contributed by atoms with Crippen LogP contribution in [0.25, 0.3) is 0 Å². The summed E-state index contributed by atoms with van der Waals surface area (Å²) in [6.07, 6.45) is 0.577. The van der Waals surface area contributed by atoms with Gasteiger partial charge in [0.05, 0.1) is 5.92 Å². The molecule has 1 aliphatic rings. The Balaban J connectivity index is 2.39. The van der Waals surface area contributed by atoms with Crippen molar-refractivity contribution in [2.75, 3.05) is 0 Å². The van der Waals surface area contributed by atoms with E-state index < -0.39 is 29.3 Å². The van der Waals surface area contributed by atoms with Crippen LogP contribution in [0.15, 0.2) is 18.2 Å². The van der Waals surface area contributed by atoms with Crippen LogP contribution in [0.1, 0.15) is 22.3 Å². The van der Waals surface area contributed by atoms with Crippen molar-refractivity contribution in [3.63, 3.8) is 0 Å². The molecule has 0 saturated heterocycles. The average molecular weight is 236 g/mol. The standard InChI is InChI=1S/C12H9FO4/c13-7-3-1-6-2-4-8(11(15)12(16)17)10(14)9(6)5-7/h1,3,5,8H,2,4H2,(H,16,17). The quantitative estimate of drug-likeness (QED) is 0.619. The molecule has 0 radical (unpaired) electrons. The van der Waals surface area contributed by atoms with Crippen LogP contribution in [-0.2, 0) is 16.0 Å². The fourth-order valence-electron chi connectivity index (χ4n) is 2.01. The maximum atomic E-state index is 13.0. The lowest BCUT2D eigenvalue weighted by molar-refractivity contribution is -0.150. The largest absolute Gasteiger partial charge is 0.475 e. The first kappa shape index (κ1) is 11.4. The summed E-state index contributed by atoms with van der Waals surface area (Å²) in [4.78, 5) is 33.7. The Kier molecular flexibility index (Phi) is 2.75. The van der Waals surface area contributed by atoms with Gasteiger partial charge in [-0.25, -0.2) is 9.18 Å². The van der Waals surface area contributed by atoms with E-state index in [2.05, 4.69) is 0 Å². The van der Waals surface area contributed by atoms with E-state index >= 15 is 0 Å². The smallest absolute Gasteiger partial charge is 0.372 e. The summed E-state index contributed by atoms with van der Waals surface area (Å²) in [6, 6.07) is 3.79. The number of hydrogen-bond donors (Lipinski definition) is 1. The Morgan fingerprint density at radius 1 is 1.35 bits per heavy atom. The van der Waals surface area contributed by atoms with Gasteiger partial charge in [0.25, 0.3) is 5.78 Å². The summed E-state index contributed by atoms with van der Waals surface area (Å²) >= 11 is 0. The van der Waals surface area contributed by atoms with Crippen LogP contribution in [0, 0.1) is 11.7 Å². The van der Waals surface area contributed by atoms with E-state index in [-0.39, 0.29) is 12.0 Å². The zero-order chi connectivity index (χ0) is 12.6. The number of hydrogen-bond acceptors (Lipinski definition) is 3. The number of halogens is 1. The zero-order valence-electron chi connectivity index (χ0n) is 8.77. The van der Waals surface area contributed by atoms with Crippen LogP contribution < -0.4 is 0 Å². The number of rotatable bonds is 2. The molecule has 0 fully saturated rings. The van der Waals surface area contributed by atoms with Gasteiger partial charge in [-0.2, -0.15) is 0 Å². The second-order valence-electron chi connectivity index (χ2n) is 3.93. The second kappa shape index (κ2) is 4.08. The average Bonchev–Trinajstić information content (AvgIpc) is 2.29. The lowest BCUT2D eigenvalue weighted by Crippen LogP contribution is -2.33. The van der Waals surface area contributed by atoms with Gasteiger partial charge in [-0.1, -0.05) is 6.07 Å². The Bertz CT molecular complexity index is 521. The molecule has 4 nitrogen and oxygen atoms in total. The highest BCUT2D eigenvalue weighted by Crippen LogP contribution is 2.26. The van der Waals surface area contributed by atoms with Crippen LogP contribution in [0.5, 0.6) is 0 Å². The van der Waals surface area contributed by atoms with Gasteiger partial charge in [0.1, 0.15) is 5.82 Å². The van der Waals surface area contributed by atoms with Crippen molar-refractivity contribution in [2.24, 2.45) is 5.92 Å². The van der Waals surface area contributed by atoms with Crippen molar-refractivity contribution in [2.45, 2.75) is 12.8 Å². The number of carboxylic acid groups (broad SMARTS) is 1. The van der Waals surface area contributed by atoms with E-state index in [9.17, 15) is 18.8 Å². The summed E-state index contributed by atoms with van der Waals surface area (Å²) in [5.74, 6) is -5.09. The normalized spacial score (nSPS) is 18.6. The van der Waals surface area contributed by atoms with E-state index in [1.807, 2.05) is 0 Å². The molecule has 88 valence electrons. The van der Waals surface area contributed by atoms with Crippen molar-refractivity contribution in [1.82, 2.24) is 0 Å². The van der Waals surface area contributed by atoms with E-state index in [4.69, 9.17) is 5.11 Å². The van der Waals surface area contributed by atoms with Crippen molar-refractivity contribution < 1.29 is 23.9 Å². The molecule has 1 aliphatic carbocycles. The SMILES string of the molecule is O=C(O)C(=O)C1CCc2ccc(F)cc2C1=O. The molecule has 0 saturated carbocycles. The molecule has 0 aliphatic heterocycles. The molecule has 1 aromatic carbocycles. The number of Topliss-reactive ketones (excluding diaryl/α,β-unsaturated/α-hetero) is 2. The summed E-state index contributed by atoms with van der Waals surface area (Å²) in [5.41, 5.74) is 0.779. The Labute approximate surface area is 96.1 Å². The molecule has 5 heteroatoms. The fourth-order valence-corrected chi connectivity index (χ4v) is 2.01. The minimum atomic E-state index is -1.62. The molecule has 0 spiro atoms.